The van der Waals surface area contributed by atoms with Gasteiger partial charge in [0.05, 0.1) is 0 Å². The zero-order valence-electron chi connectivity index (χ0n) is 11.8. The zero-order chi connectivity index (χ0) is 15.5. The Hall–Kier alpha value is -2.73. The molecule has 1 heterocycles. The molecule has 3 N–H and O–H groups in total. The van der Waals surface area contributed by atoms with Gasteiger partial charge in [-0.15, -0.1) is 0 Å². The SMILES string of the molecule is NC(=O)N(O)C1COc2cc(OCc3ccccc3)ccc21. The van der Waals surface area contributed by atoms with Crippen LogP contribution in [0.4, 0.5) is 4.79 Å². The number of benzene rings is 2. The molecule has 1 atom stereocenters. The van der Waals surface area contributed by atoms with Gasteiger partial charge in [-0.05, 0) is 17.7 Å². The summed E-state index contributed by atoms with van der Waals surface area (Å²) in [7, 11) is 0. The molecule has 2 amide bonds. The quantitative estimate of drug-likeness (QED) is 0.671. The molecule has 0 aliphatic carbocycles. The highest BCUT2D eigenvalue weighted by atomic mass is 16.5. The number of rotatable bonds is 4. The first-order valence-electron chi connectivity index (χ1n) is 6.86. The lowest BCUT2D eigenvalue weighted by Crippen LogP contribution is -2.36. The van der Waals surface area contributed by atoms with E-state index in [2.05, 4.69) is 0 Å². The number of carbonyl (C=O) groups excluding carboxylic acids is 1. The maximum atomic E-state index is 11.0. The summed E-state index contributed by atoms with van der Waals surface area (Å²) < 4.78 is 11.2. The first kappa shape index (κ1) is 14.2. The fourth-order valence-electron chi connectivity index (χ4n) is 2.36. The van der Waals surface area contributed by atoms with Crippen LogP contribution in [0.15, 0.2) is 48.5 Å². The molecule has 2 aromatic carbocycles. The number of primary amides is 1. The monoisotopic (exact) mass is 300 g/mol. The molecule has 1 aliphatic heterocycles. The van der Waals surface area contributed by atoms with E-state index < -0.39 is 12.1 Å². The highest BCUT2D eigenvalue weighted by molar-refractivity contribution is 5.71. The minimum absolute atomic E-state index is 0.164. The van der Waals surface area contributed by atoms with Crippen molar-refractivity contribution in [3.05, 3.63) is 59.7 Å². The topological polar surface area (TPSA) is 85.0 Å². The molecule has 2 aromatic rings. The third kappa shape index (κ3) is 2.82. The van der Waals surface area contributed by atoms with Crippen LogP contribution in [0.3, 0.4) is 0 Å². The molecule has 0 bridgehead atoms. The fraction of sp³-hybridized carbons (Fsp3) is 0.188. The number of nitrogens with zero attached hydrogens (tertiary/aromatic N) is 1. The smallest absolute Gasteiger partial charge is 0.339 e. The number of amides is 2. The summed E-state index contributed by atoms with van der Waals surface area (Å²) in [5, 5.41) is 10.1. The predicted molar refractivity (Wildman–Crippen MR) is 78.7 cm³/mol. The van der Waals surface area contributed by atoms with Crippen molar-refractivity contribution in [1.29, 1.82) is 0 Å². The van der Waals surface area contributed by atoms with Gasteiger partial charge in [0.2, 0.25) is 0 Å². The number of urea groups is 1. The normalized spacial score (nSPS) is 15.8. The molecule has 0 saturated carbocycles. The number of carbonyl (C=O) groups is 1. The van der Waals surface area contributed by atoms with Crippen LogP contribution in [0.2, 0.25) is 0 Å². The molecular formula is C16H16N2O4. The molecule has 6 nitrogen and oxygen atoms in total. The van der Waals surface area contributed by atoms with Crippen LogP contribution in [0.5, 0.6) is 11.5 Å². The fourth-order valence-corrected chi connectivity index (χ4v) is 2.36. The summed E-state index contributed by atoms with van der Waals surface area (Å²) in [4.78, 5) is 11.0. The summed E-state index contributed by atoms with van der Waals surface area (Å²) in [6.07, 6.45) is 0. The van der Waals surface area contributed by atoms with Crippen LogP contribution in [-0.4, -0.2) is 22.9 Å². The second-order valence-corrected chi connectivity index (χ2v) is 4.98. The Morgan fingerprint density at radius 1 is 1.32 bits per heavy atom. The zero-order valence-corrected chi connectivity index (χ0v) is 11.8. The van der Waals surface area contributed by atoms with Crippen molar-refractivity contribution in [2.75, 3.05) is 6.61 Å². The van der Waals surface area contributed by atoms with Crippen LogP contribution in [-0.2, 0) is 6.61 Å². The Morgan fingerprint density at radius 2 is 2.09 bits per heavy atom. The molecule has 0 aromatic heterocycles. The van der Waals surface area contributed by atoms with Crippen molar-refractivity contribution in [3.63, 3.8) is 0 Å². The third-order valence-corrected chi connectivity index (χ3v) is 3.51. The van der Waals surface area contributed by atoms with Gasteiger partial charge in [-0.2, -0.15) is 5.06 Å². The Balaban J connectivity index is 1.71. The average molecular weight is 300 g/mol. The van der Waals surface area contributed by atoms with Gasteiger partial charge in [-0.1, -0.05) is 30.3 Å². The van der Waals surface area contributed by atoms with E-state index in [9.17, 15) is 10.0 Å². The molecule has 1 aliphatic rings. The number of hydroxylamine groups is 2. The number of fused-ring (bicyclic) bond motifs is 1. The first-order valence-corrected chi connectivity index (χ1v) is 6.86. The molecule has 0 radical (unpaired) electrons. The van der Waals surface area contributed by atoms with Crippen molar-refractivity contribution < 1.29 is 19.5 Å². The van der Waals surface area contributed by atoms with Crippen LogP contribution in [0.1, 0.15) is 17.2 Å². The van der Waals surface area contributed by atoms with Gasteiger partial charge < -0.3 is 15.2 Å². The van der Waals surface area contributed by atoms with Gasteiger partial charge >= 0.3 is 6.03 Å². The maximum Gasteiger partial charge on any atom is 0.339 e. The van der Waals surface area contributed by atoms with Crippen LogP contribution in [0, 0.1) is 0 Å². The van der Waals surface area contributed by atoms with E-state index in [1.165, 1.54) is 0 Å². The van der Waals surface area contributed by atoms with Crippen LogP contribution >= 0.6 is 0 Å². The number of hydrogen-bond donors (Lipinski definition) is 2. The lowest BCUT2D eigenvalue weighted by Gasteiger charge is -2.18. The summed E-state index contributed by atoms with van der Waals surface area (Å²) in [5.41, 5.74) is 6.84. The van der Waals surface area contributed by atoms with Gasteiger partial charge in [0.25, 0.3) is 0 Å². The summed E-state index contributed by atoms with van der Waals surface area (Å²) in [6, 6.07) is 13.6. The van der Waals surface area contributed by atoms with Gasteiger partial charge in [0.15, 0.2) is 0 Å². The van der Waals surface area contributed by atoms with Crippen molar-refractivity contribution in [1.82, 2.24) is 5.06 Å². The van der Waals surface area contributed by atoms with Crippen molar-refractivity contribution in [2.24, 2.45) is 5.73 Å². The lowest BCUT2D eigenvalue weighted by molar-refractivity contribution is -0.0798. The second-order valence-electron chi connectivity index (χ2n) is 4.98. The van der Waals surface area contributed by atoms with Gasteiger partial charge in [0.1, 0.15) is 30.8 Å². The molecule has 6 heteroatoms. The van der Waals surface area contributed by atoms with E-state index >= 15 is 0 Å². The third-order valence-electron chi connectivity index (χ3n) is 3.51. The van der Waals surface area contributed by atoms with Crippen molar-refractivity contribution in [3.8, 4) is 11.5 Å². The molecule has 0 fully saturated rings. The Bertz CT molecular complexity index is 675. The Kier molecular flexibility index (Phi) is 3.84. The Labute approximate surface area is 127 Å². The number of hydrogen-bond acceptors (Lipinski definition) is 4. The lowest BCUT2D eigenvalue weighted by atomic mass is 10.1. The molecule has 22 heavy (non-hydrogen) atoms. The number of nitrogens with two attached hydrogens (primary N) is 1. The molecule has 0 saturated heterocycles. The second kappa shape index (κ2) is 5.95. The first-order chi connectivity index (χ1) is 10.6. The van der Waals surface area contributed by atoms with E-state index in [1.807, 2.05) is 30.3 Å². The van der Waals surface area contributed by atoms with Crippen molar-refractivity contribution in [2.45, 2.75) is 12.6 Å². The van der Waals surface area contributed by atoms with Gasteiger partial charge in [-0.3, -0.25) is 5.21 Å². The van der Waals surface area contributed by atoms with E-state index in [1.54, 1.807) is 18.2 Å². The van der Waals surface area contributed by atoms with E-state index in [4.69, 9.17) is 15.2 Å². The maximum absolute atomic E-state index is 11.0. The standard InChI is InChI=1S/C16H16N2O4/c17-16(19)18(20)14-10-22-15-8-12(6-7-13(14)15)21-9-11-4-2-1-3-5-11/h1-8,14,20H,9-10H2,(H2,17,19). The number of ether oxygens (including phenoxy) is 2. The molecule has 114 valence electrons. The minimum Gasteiger partial charge on any atom is -0.490 e. The molecule has 3 rings (SSSR count). The largest absolute Gasteiger partial charge is 0.490 e. The van der Waals surface area contributed by atoms with Crippen LogP contribution < -0.4 is 15.2 Å². The highest BCUT2D eigenvalue weighted by Gasteiger charge is 2.31. The van der Waals surface area contributed by atoms with E-state index in [-0.39, 0.29) is 6.61 Å². The summed E-state index contributed by atoms with van der Waals surface area (Å²) in [5.74, 6) is 1.24. The minimum atomic E-state index is -0.911. The predicted octanol–water partition coefficient (Wildman–Crippen LogP) is 2.47. The van der Waals surface area contributed by atoms with Crippen LogP contribution in [0.25, 0.3) is 0 Å². The van der Waals surface area contributed by atoms with Crippen molar-refractivity contribution >= 4 is 6.03 Å². The highest BCUT2D eigenvalue weighted by Crippen LogP contribution is 2.37. The molecule has 0 spiro atoms. The van der Waals surface area contributed by atoms with Gasteiger partial charge in [-0.25, -0.2) is 4.79 Å². The Morgan fingerprint density at radius 3 is 2.82 bits per heavy atom. The molecule has 1 unspecified atom stereocenters. The average Bonchev–Trinajstić information content (AvgIpc) is 2.96. The molecular weight excluding hydrogens is 284 g/mol. The van der Waals surface area contributed by atoms with E-state index in [0.717, 1.165) is 5.56 Å². The van der Waals surface area contributed by atoms with E-state index in [0.29, 0.717) is 28.7 Å². The van der Waals surface area contributed by atoms with Gasteiger partial charge in [0, 0.05) is 11.6 Å². The summed E-state index contributed by atoms with van der Waals surface area (Å²) >= 11 is 0. The summed E-state index contributed by atoms with van der Waals surface area (Å²) in [6.45, 7) is 0.618.